The molecule has 1 aliphatic heterocycles. The van der Waals surface area contributed by atoms with Gasteiger partial charge >= 0.3 is 0 Å². The summed E-state index contributed by atoms with van der Waals surface area (Å²) in [6, 6.07) is 7.24. The van der Waals surface area contributed by atoms with Gasteiger partial charge in [0.1, 0.15) is 6.04 Å². The first-order valence-corrected chi connectivity index (χ1v) is 3.90. The summed E-state index contributed by atoms with van der Waals surface area (Å²) in [5.41, 5.74) is 7.74. The molecular formula is C9H12Br2N2O. The van der Waals surface area contributed by atoms with E-state index in [9.17, 15) is 4.79 Å². The van der Waals surface area contributed by atoms with Crippen LogP contribution in [-0.4, -0.2) is 5.91 Å². The van der Waals surface area contributed by atoms with Gasteiger partial charge in [-0.2, -0.15) is 0 Å². The zero-order valence-electron chi connectivity index (χ0n) is 7.40. The van der Waals surface area contributed by atoms with E-state index >= 15 is 0 Å². The maximum Gasteiger partial charge on any atom is 0.241 e. The molecule has 0 saturated heterocycles. The summed E-state index contributed by atoms with van der Waals surface area (Å²) < 4.78 is 0. The molecule has 0 aliphatic carbocycles. The Morgan fingerprint density at radius 2 is 1.93 bits per heavy atom. The number of halogens is 2. The van der Waals surface area contributed by atoms with Crippen molar-refractivity contribution in [1.82, 2.24) is 5.32 Å². The largest absolute Gasteiger partial charge is 0.350 e. The normalized spacial score (nSPS) is 18.4. The lowest BCUT2D eigenvalue weighted by molar-refractivity contribution is -0.123. The average Bonchev–Trinajstić information content (AvgIpc) is 2.12. The Kier molecular flexibility index (Phi) is 5.33. The first kappa shape index (κ1) is 13.6. The Labute approximate surface area is 104 Å². The number of nitrogens with one attached hydrogen (secondary N) is 1. The smallest absolute Gasteiger partial charge is 0.241 e. The third-order valence-corrected chi connectivity index (χ3v) is 2.13. The minimum Gasteiger partial charge on any atom is -0.350 e. The van der Waals surface area contributed by atoms with Crippen molar-refractivity contribution >= 4 is 39.9 Å². The Morgan fingerprint density at radius 1 is 1.29 bits per heavy atom. The van der Waals surface area contributed by atoms with Crippen LogP contribution in [0.3, 0.4) is 0 Å². The Morgan fingerprint density at radius 3 is 2.64 bits per heavy atom. The quantitative estimate of drug-likeness (QED) is 0.759. The summed E-state index contributed by atoms with van der Waals surface area (Å²) >= 11 is 0. The zero-order valence-corrected chi connectivity index (χ0v) is 10.8. The number of hydrogen-bond donors (Lipinski definition) is 2. The minimum absolute atomic E-state index is 0. The van der Waals surface area contributed by atoms with Crippen molar-refractivity contribution in [3.05, 3.63) is 35.4 Å². The lowest BCUT2D eigenvalue weighted by atomic mass is 9.97. The SMILES string of the molecule is Br.Br.NC1C(=O)NCc2ccccc21. The molecule has 1 aromatic rings. The molecule has 0 saturated carbocycles. The molecule has 0 fully saturated rings. The van der Waals surface area contributed by atoms with Gasteiger partial charge in [0.15, 0.2) is 0 Å². The van der Waals surface area contributed by atoms with E-state index in [1.165, 1.54) is 0 Å². The molecule has 78 valence electrons. The van der Waals surface area contributed by atoms with Crippen LogP contribution in [0.25, 0.3) is 0 Å². The fraction of sp³-hybridized carbons (Fsp3) is 0.222. The van der Waals surface area contributed by atoms with Crippen LogP contribution in [-0.2, 0) is 11.3 Å². The van der Waals surface area contributed by atoms with Crippen LogP contribution in [0.1, 0.15) is 17.2 Å². The third-order valence-electron chi connectivity index (χ3n) is 2.13. The van der Waals surface area contributed by atoms with E-state index in [1.807, 2.05) is 24.3 Å². The molecular weight excluding hydrogens is 312 g/mol. The van der Waals surface area contributed by atoms with Crippen LogP contribution in [0, 0.1) is 0 Å². The molecule has 1 atom stereocenters. The molecule has 0 radical (unpaired) electrons. The molecule has 0 spiro atoms. The minimum atomic E-state index is -0.491. The first-order chi connectivity index (χ1) is 5.79. The number of rotatable bonds is 0. The maximum absolute atomic E-state index is 11.1. The second-order valence-electron chi connectivity index (χ2n) is 2.89. The lowest BCUT2D eigenvalue weighted by Gasteiger charge is -2.21. The van der Waals surface area contributed by atoms with Crippen molar-refractivity contribution in [3.8, 4) is 0 Å². The molecule has 3 nitrogen and oxygen atoms in total. The van der Waals surface area contributed by atoms with Crippen LogP contribution >= 0.6 is 34.0 Å². The van der Waals surface area contributed by atoms with E-state index in [0.29, 0.717) is 6.54 Å². The second kappa shape index (κ2) is 5.48. The van der Waals surface area contributed by atoms with Gasteiger partial charge in [-0.05, 0) is 11.1 Å². The highest BCUT2D eigenvalue weighted by Crippen LogP contribution is 2.19. The molecule has 0 aromatic heterocycles. The molecule has 1 aromatic carbocycles. The number of nitrogens with two attached hydrogens (primary N) is 1. The number of carbonyl (C=O) groups is 1. The van der Waals surface area contributed by atoms with E-state index in [-0.39, 0.29) is 39.9 Å². The summed E-state index contributed by atoms with van der Waals surface area (Å²) in [5, 5.41) is 2.72. The second-order valence-corrected chi connectivity index (χ2v) is 2.89. The van der Waals surface area contributed by atoms with Crippen molar-refractivity contribution in [2.45, 2.75) is 12.6 Å². The lowest BCUT2D eigenvalue weighted by Crippen LogP contribution is -2.38. The van der Waals surface area contributed by atoms with E-state index < -0.39 is 6.04 Å². The zero-order chi connectivity index (χ0) is 8.55. The number of amides is 1. The van der Waals surface area contributed by atoms with Crippen molar-refractivity contribution in [2.24, 2.45) is 5.73 Å². The van der Waals surface area contributed by atoms with Gasteiger partial charge in [-0.1, -0.05) is 24.3 Å². The van der Waals surface area contributed by atoms with Crippen molar-refractivity contribution < 1.29 is 4.79 Å². The van der Waals surface area contributed by atoms with Gasteiger partial charge in [-0.3, -0.25) is 4.79 Å². The summed E-state index contributed by atoms with van der Waals surface area (Å²) in [5.74, 6) is -0.0892. The predicted octanol–water partition coefficient (Wildman–Crippen LogP) is 1.47. The summed E-state index contributed by atoms with van der Waals surface area (Å²) in [6.45, 7) is 0.600. The summed E-state index contributed by atoms with van der Waals surface area (Å²) in [4.78, 5) is 11.1. The van der Waals surface area contributed by atoms with Gasteiger partial charge < -0.3 is 11.1 Å². The van der Waals surface area contributed by atoms with Gasteiger partial charge in [-0.15, -0.1) is 34.0 Å². The van der Waals surface area contributed by atoms with Crippen LogP contribution in [0.2, 0.25) is 0 Å². The van der Waals surface area contributed by atoms with Gasteiger partial charge in [0, 0.05) is 6.54 Å². The highest BCUT2D eigenvalue weighted by atomic mass is 79.9. The van der Waals surface area contributed by atoms with Crippen molar-refractivity contribution in [2.75, 3.05) is 0 Å². The van der Waals surface area contributed by atoms with Crippen LogP contribution in [0.4, 0.5) is 0 Å². The molecule has 3 N–H and O–H groups in total. The predicted molar refractivity (Wildman–Crippen MR) is 65.9 cm³/mol. The number of fused-ring (bicyclic) bond motifs is 1. The van der Waals surface area contributed by atoms with Crippen LogP contribution < -0.4 is 11.1 Å². The third kappa shape index (κ3) is 2.34. The monoisotopic (exact) mass is 322 g/mol. The molecule has 1 unspecified atom stereocenters. The van der Waals surface area contributed by atoms with Gasteiger partial charge in [0.2, 0.25) is 5.91 Å². The first-order valence-electron chi connectivity index (χ1n) is 3.90. The van der Waals surface area contributed by atoms with Gasteiger partial charge in [0.25, 0.3) is 0 Å². The Balaban J connectivity index is 0.000000845. The molecule has 1 heterocycles. The van der Waals surface area contributed by atoms with E-state index in [2.05, 4.69) is 5.32 Å². The Bertz CT molecular complexity index is 330. The van der Waals surface area contributed by atoms with E-state index in [0.717, 1.165) is 11.1 Å². The molecule has 0 bridgehead atoms. The van der Waals surface area contributed by atoms with Crippen molar-refractivity contribution in [1.29, 1.82) is 0 Å². The molecule has 1 amide bonds. The maximum atomic E-state index is 11.1. The summed E-state index contributed by atoms with van der Waals surface area (Å²) in [7, 11) is 0. The standard InChI is InChI=1S/C9H10N2O.2BrH/c10-8-7-4-2-1-3-6(7)5-11-9(8)12;;/h1-4,8H,5,10H2,(H,11,12);2*1H. The fourth-order valence-electron chi connectivity index (χ4n) is 1.43. The number of benzene rings is 1. The van der Waals surface area contributed by atoms with Gasteiger partial charge in [-0.25, -0.2) is 0 Å². The molecule has 14 heavy (non-hydrogen) atoms. The molecule has 2 rings (SSSR count). The Hall–Kier alpha value is -0.390. The number of hydrogen-bond acceptors (Lipinski definition) is 2. The van der Waals surface area contributed by atoms with E-state index in [4.69, 9.17) is 5.73 Å². The van der Waals surface area contributed by atoms with Crippen molar-refractivity contribution in [3.63, 3.8) is 0 Å². The average molecular weight is 324 g/mol. The van der Waals surface area contributed by atoms with E-state index in [1.54, 1.807) is 0 Å². The van der Waals surface area contributed by atoms with Crippen LogP contribution in [0.15, 0.2) is 24.3 Å². The highest BCUT2D eigenvalue weighted by Gasteiger charge is 2.22. The summed E-state index contributed by atoms with van der Waals surface area (Å²) in [6.07, 6.45) is 0. The number of carbonyl (C=O) groups excluding carboxylic acids is 1. The molecule has 1 aliphatic rings. The highest BCUT2D eigenvalue weighted by molar-refractivity contribution is 8.93. The topological polar surface area (TPSA) is 55.1 Å². The molecule has 5 heteroatoms. The van der Waals surface area contributed by atoms with Crippen LogP contribution in [0.5, 0.6) is 0 Å². The van der Waals surface area contributed by atoms with Gasteiger partial charge in [0.05, 0.1) is 0 Å². The fourth-order valence-corrected chi connectivity index (χ4v) is 1.43.